The summed E-state index contributed by atoms with van der Waals surface area (Å²) in [6.07, 6.45) is 0.848. The molecule has 0 fully saturated rings. The smallest absolute Gasteiger partial charge is 0.254 e. The molecule has 0 aliphatic carbocycles. The van der Waals surface area contributed by atoms with E-state index in [9.17, 15) is 4.79 Å². The summed E-state index contributed by atoms with van der Waals surface area (Å²) >= 11 is 0. The van der Waals surface area contributed by atoms with Gasteiger partial charge < -0.3 is 18.8 Å². The molecule has 1 aliphatic heterocycles. The molecule has 0 unspecified atom stereocenters. The lowest BCUT2D eigenvalue weighted by Crippen LogP contribution is -2.35. The average molecular weight is 568 g/mol. The van der Waals surface area contributed by atoms with Crippen molar-refractivity contribution in [2.24, 2.45) is 0 Å². The SMILES string of the molecule is O=C(c1ccc2nc(-c3ccc(OCc4ccccc4)nc3OCc3ccccc3)oc2c1)N1CCc2ccccc2C1. The second-order valence-corrected chi connectivity index (χ2v) is 10.5. The van der Waals surface area contributed by atoms with E-state index >= 15 is 0 Å². The maximum Gasteiger partial charge on any atom is 0.254 e. The molecule has 0 spiro atoms. The number of carbonyl (C=O) groups is 1. The molecule has 7 rings (SSSR count). The summed E-state index contributed by atoms with van der Waals surface area (Å²) in [6, 6.07) is 37.1. The van der Waals surface area contributed by atoms with Gasteiger partial charge in [0.25, 0.3) is 5.91 Å². The van der Waals surface area contributed by atoms with E-state index in [4.69, 9.17) is 18.9 Å². The first-order chi connectivity index (χ1) is 21.2. The molecule has 4 aromatic carbocycles. The van der Waals surface area contributed by atoms with Crippen molar-refractivity contribution < 1.29 is 18.7 Å². The summed E-state index contributed by atoms with van der Waals surface area (Å²) in [5.74, 6) is 1.12. The van der Waals surface area contributed by atoms with Gasteiger partial charge in [0.2, 0.25) is 17.7 Å². The molecular weight excluding hydrogens is 538 g/mol. The van der Waals surface area contributed by atoms with Crippen LogP contribution < -0.4 is 9.47 Å². The van der Waals surface area contributed by atoms with Crippen molar-refractivity contribution in [3.63, 3.8) is 0 Å². The van der Waals surface area contributed by atoms with E-state index in [1.165, 1.54) is 11.1 Å². The Balaban J connectivity index is 1.15. The second kappa shape index (κ2) is 11.8. The normalized spacial score (nSPS) is 12.6. The van der Waals surface area contributed by atoms with Crippen molar-refractivity contribution in [2.75, 3.05) is 6.54 Å². The van der Waals surface area contributed by atoms with E-state index < -0.39 is 0 Å². The van der Waals surface area contributed by atoms with E-state index in [1.54, 1.807) is 12.1 Å². The van der Waals surface area contributed by atoms with E-state index in [2.05, 4.69) is 17.1 Å². The van der Waals surface area contributed by atoms with Gasteiger partial charge in [-0.3, -0.25) is 4.79 Å². The van der Waals surface area contributed by atoms with E-state index in [0.717, 1.165) is 17.5 Å². The Morgan fingerprint density at radius 3 is 2.21 bits per heavy atom. The Hall–Kier alpha value is -5.43. The Kier molecular flexibility index (Phi) is 7.27. The number of carbonyl (C=O) groups excluding carboxylic acids is 1. The molecule has 1 amide bonds. The Bertz CT molecular complexity index is 1890. The quantitative estimate of drug-likeness (QED) is 0.193. The van der Waals surface area contributed by atoms with Crippen molar-refractivity contribution in [1.29, 1.82) is 0 Å². The first-order valence-electron chi connectivity index (χ1n) is 14.3. The molecule has 0 N–H and O–H groups in total. The minimum atomic E-state index is -0.0252. The third-order valence-electron chi connectivity index (χ3n) is 7.57. The maximum atomic E-state index is 13.4. The summed E-state index contributed by atoms with van der Waals surface area (Å²) < 4.78 is 18.4. The van der Waals surface area contributed by atoms with E-state index in [0.29, 0.717) is 66.2 Å². The lowest BCUT2D eigenvalue weighted by atomic mass is 9.99. The van der Waals surface area contributed by atoms with Crippen molar-refractivity contribution in [3.05, 3.63) is 143 Å². The van der Waals surface area contributed by atoms with Crippen LogP contribution in [0.2, 0.25) is 0 Å². The fourth-order valence-electron chi connectivity index (χ4n) is 5.26. The molecule has 43 heavy (non-hydrogen) atoms. The lowest BCUT2D eigenvalue weighted by molar-refractivity contribution is 0.0734. The molecule has 0 atom stereocenters. The van der Waals surface area contributed by atoms with Crippen LogP contribution in [0.4, 0.5) is 0 Å². The number of rotatable bonds is 8. The molecule has 7 nitrogen and oxygen atoms in total. The number of amides is 1. The number of fused-ring (bicyclic) bond motifs is 2. The number of oxazole rings is 1. The van der Waals surface area contributed by atoms with Crippen LogP contribution in [0.3, 0.4) is 0 Å². The zero-order valence-corrected chi connectivity index (χ0v) is 23.5. The van der Waals surface area contributed by atoms with Gasteiger partial charge in [-0.2, -0.15) is 4.98 Å². The topological polar surface area (TPSA) is 77.7 Å². The first kappa shape index (κ1) is 26.5. The van der Waals surface area contributed by atoms with Crippen LogP contribution in [0.25, 0.3) is 22.6 Å². The average Bonchev–Trinajstić information content (AvgIpc) is 3.50. The highest BCUT2D eigenvalue weighted by molar-refractivity contribution is 5.97. The van der Waals surface area contributed by atoms with Crippen molar-refractivity contribution in [1.82, 2.24) is 14.9 Å². The fraction of sp³-hybridized carbons (Fsp3) is 0.139. The Morgan fingerprint density at radius 2 is 1.44 bits per heavy atom. The molecule has 0 radical (unpaired) electrons. The van der Waals surface area contributed by atoms with Crippen molar-refractivity contribution in [2.45, 2.75) is 26.2 Å². The summed E-state index contributed by atoms with van der Waals surface area (Å²) in [5, 5.41) is 0. The number of pyridine rings is 1. The number of hydrogen-bond acceptors (Lipinski definition) is 6. The number of hydrogen-bond donors (Lipinski definition) is 0. The molecule has 7 heteroatoms. The molecule has 6 aromatic rings. The standard InChI is InChI=1S/C36H29N3O4/c40-36(39-20-19-27-13-7-8-14-29(27)22-39)28-15-17-31-32(21-28)43-35(37-31)30-16-18-33(41-23-25-9-3-1-4-10-25)38-34(30)42-24-26-11-5-2-6-12-26/h1-18,21H,19-20,22-24H2. The minimum Gasteiger partial charge on any atom is -0.473 e. The predicted molar refractivity (Wildman–Crippen MR) is 164 cm³/mol. The number of ether oxygens (including phenoxy) is 2. The van der Waals surface area contributed by atoms with Crippen LogP contribution >= 0.6 is 0 Å². The van der Waals surface area contributed by atoms with Crippen molar-refractivity contribution in [3.8, 4) is 23.2 Å². The van der Waals surface area contributed by atoms with Gasteiger partial charge in [0.05, 0.1) is 5.56 Å². The number of aromatic nitrogens is 2. The van der Waals surface area contributed by atoms with Crippen LogP contribution in [0.5, 0.6) is 11.8 Å². The summed E-state index contributed by atoms with van der Waals surface area (Å²) in [7, 11) is 0. The Morgan fingerprint density at radius 1 is 0.744 bits per heavy atom. The minimum absolute atomic E-state index is 0.0252. The van der Waals surface area contributed by atoms with Crippen LogP contribution in [0.1, 0.15) is 32.6 Å². The molecule has 212 valence electrons. The summed E-state index contributed by atoms with van der Waals surface area (Å²) in [6.45, 7) is 1.98. The van der Waals surface area contributed by atoms with Gasteiger partial charge in [-0.15, -0.1) is 0 Å². The van der Waals surface area contributed by atoms with Gasteiger partial charge in [0.15, 0.2) is 5.58 Å². The lowest BCUT2D eigenvalue weighted by Gasteiger charge is -2.28. The van der Waals surface area contributed by atoms with E-state index in [1.807, 2.05) is 95.9 Å². The van der Waals surface area contributed by atoms with Gasteiger partial charge in [0, 0.05) is 24.7 Å². The highest BCUT2D eigenvalue weighted by Crippen LogP contribution is 2.33. The maximum absolute atomic E-state index is 13.4. The largest absolute Gasteiger partial charge is 0.473 e. The highest BCUT2D eigenvalue weighted by Gasteiger charge is 2.23. The molecule has 3 heterocycles. The van der Waals surface area contributed by atoms with Gasteiger partial charge in [-0.05, 0) is 52.9 Å². The van der Waals surface area contributed by atoms with E-state index in [-0.39, 0.29) is 5.91 Å². The van der Waals surface area contributed by atoms with Gasteiger partial charge in [-0.1, -0.05) is 84.9 Å². The van der Waals surface area contributed by atoms with Crippen LogP contribution in [-0.4, -0.2) is 27.3 Å². The molecule has 1 aliphatic rings. The highest BCUT2D eigenvalue weighted by atomic mass is 16.5. The number of nitrogens with zero attached hydrogens (tertiary/aromatic N) is 3. The Labute approximate surface area is 249 Å². The van der Waals surface area contributed by atoms with Crippen LogP contribution in [-0.2, 0) is 26.2 Å². The molecular formula is C36H29N3O4. The third kappa shape index (κ3) is 5.83. The zero-order chi connectivity index (χ0) is 29.0. The number of benzene rings is 4. The summed E-state index contributed by atoms with van der Waals surface area (Å²) in [4.78, 5) is 24.7. The van der Waals surface area contributed by atoms with Gasteiger partial charge in [-0.25, -0.2) is 4.98 Å². The van der Waals surface area contributed by atoms with Gasteiger partial charge in [0.1, 0.15) is 18.7 Å². The molecule has 0 saturated heterocycles. The molecule has 0 bridgehead atoms. The molecule has 0 saturated carbocycles. The van der Waals surface area contributed by atoms with Crippen LogP contribution in [0, 0.1) is 0 Å². The van der Waals surface area contributed by atoms with Crippen LogP contribution in [0.15, 0.2) is 120 Å². The first-order valence-corrected chi connectivity index (χ1v) is 14.3. The fourth-order valence-corrected chi connectivity index (χ4v) is 5.26. The monoisotopic (exact) mass is 567 g/mol. The molecule has 2 aromatic heterocycles. The second-order valence-electron chi connectivity index (χ2n) is 10.5. The zero-order valence-electron chi connectivity index (χ0n) is 23.5. The predicted octanol–water partition coefficient (Wildman–Crippen LogP) is 7.25. The van der Waals surface area contributed by atoms with Gasteiger partial charge >= 0.3 is 0 Å². The third-order valence-corrected chi connectivity index (χ3v) is 7.57. The summed E-state index contributed by atoms with van der Waals surface area (Å²) in [5.41, 5.74) is 6.88. The van der Waals surface area contributed by atoms with Crippen molar-refractivity contribution >= 4 is 17.0 Å².